The fourth-order valence-corrected chi connectivity index (χ4v) is 1.51. The summed E-state index contributed by atoms with van der Waals surface area (Å²) < 4.78 is 2.86. The smallest absolute Gasteiger partial charge is 0.274 e. The molecule has 0 radical (unpaired) electrons. The Morgan fingerprint density at radius 1 is 1.58 bits per heavy atom. The summed E-state index contributed by atoms with van der Waals surface area (Å²) in [5.74, 6) is 0. The molecule has 1 aromatic carbocycles. The van der Waals surface area contributed by atoms with Crippen molar-refractivity contribution >= 4 is 34.2 Å². The molecular weight excluding hydrogens is 271 g/mol. The van der Waals surface area contributed by atoms with Gasteiger partial charge >= 0.3 is 0 Å². The third kappa shape index (κ3) is 1.66. The first-order valence-electron chi connectivity index (χ1n) is 3.27. The highest BCUT2D eigenvalue weighted by Gasteiger charge is 2.11. The number of rotatable bonds is 2. The minimum absolute atomic E-state index is 0.150. The second kappa shape index (κ2) is 3.70. The zero-order valence-corrected chi connectivity index (χ0v) is 8.53. The van der Waals surface area contributed by atoms with Gasteiger partial charge in [-0.25, -0.2) is 0 Å². The Balaban J connectivity index is 3.23. The molecule has 0 spiro atoms. The monoisotopic (exact) mass is 278 g/mol. The summed E-state index contributed by atoms with van der Waals surface area (Å²) in [6.07, 6.45) is 0. The molecule has 0 aliphatic heterocycles. The van der Waals surface area contributed by atoms with E-state index in [1.54, 1.807) is 19.1 Å². The number of hydrogen-bond acceptors (Lipinski definition) is 3. The van der Waals surface area contributed by atoms with Crippen molar-refractivity contribution in [3.63, 3.8) is 0 Å². The lowest BCUT2D eigenvalue weighted by atomic mass is 10.2. The molecule has 1 N–H and O–H groups in total. The predicted octanol–water partition coefficient (Wildman–Crippen LogP) is 2.67. The maximum atomic E-state index is 10.5. The van der Waals surface area contributed by atoms with E-state index in [9.17, 15) is 10.1 Å². The molecular formula is C7H7IN2O2. The number of nitro groups is 1. The Morgan fingerprint density at radius 3 is 2.75 bits per heavy atom. The van der Waals surface area contributed by atoms with Crippen LogP contribution in [0.2, 0.25) is 0 Å². The Hall–Kier alpha value is -0.850. The molecule has 1 aromatic rings. The molecule has 0 aromatic heterocycles. The quantitative estimate of drug-likeness (QED) is 0.391. The highest BCUT2D eigenvalue weighted by molar-refractivity contribution is 14.1. The minimum atomic E-state index is -0.382. The Kier molecular flexibility index (Phi) is 2.85. The van der Waals surface area contributed by atoms with Crippen LogP contribution < -0.4 is 3.53 Å². The molecule has 0 aliphatic carbocycles. The fraction of sp³-hybridized carbons (Fsp3) is 0.143. The van der Waals surface area contributed by atoms with E-state index in [1.165, 1.54) is 6.07 Å². The summed E-state index contributed by atoms with van der Waals surface area (Å²) in [6, 6.07) is 4.95. The minimum Gasteiger partial charge on any atom is -0.328 e. The van der Waals surface area contributed by atoms with Crippen molar-refractivity contribution < 1.29 is 4.92 Å². The van der Waals surface area contributed by atoms with E-state index in [4.69, 9.17) is 0 Å². The molecule has 5 heteroatoms. The molecule has 64 valence electrons. The number of nitro benzene ring substituents is 1. The van der Waals surface area contributed by atoms with Crippen molar-refractivity contribution in [2.24, 2.45) is 0 Å². The van der Waals surface area contributed by atoms with Gasteiger partial charge in [0.25, 0.3) is 5.69 Å². The third-order valence-corrected chi connectivity index (χ3v) is 2.18. The van der Waals surface area contributed by atoms with Gasteiger partial charge in [0.2, 0.25) is 0 Å². The summed E-state index contributed by atoms with van der Waals surface area (Å²) in [5, 5.41) is 10.5. The molecule has 12 heavy (non-hydrogen) atoms. The van der Waals surface area contributed by atoms with Crippen LogP contribution in [-0.4, -0.2) is 4.92 Å². The number of nitrogens with zero attached hydrogens (tertiary/aromatic N) is 1. The van der Waals surface area contributed by atoms with E-state index in [0.29, 0.717) is 5.56 Å². The standard InChI is InChI=1S/C7H7IN2O2/c1-5-6(9-8)3-2-4-7(5)10(11)12/h2-4,9H,1H3. The van der Waals surface area contributed by atoms with E-state index in [-0.39, 0.29) is 10.6 Å². The molecule has 4 nitrogen and oxygen atoms in total. The van der Waals surface area contributed by atoms with Crippen molar-refractivity contribution in [1.29, 1.82) is 0 Å². The van der Waals surface area contributed by atoms with E-state index < -0.39 is 0 Å². The van der Waals surface area contributed by atoms with E-state index >= 15 is 0 Å². The molecule has 0 unspecified atom stereocenters. The summed E-state index contributed by atoms with van der Waals surface area (Å²) >= 11 is 1.95. The van der Waals surface area contributed by atoms with Crippen LogP contribution in [0.15, 0.2) is 18.2 Å². The molecule has 0 aliphatic rings. The number of hydrogen-bond donors (Lipinski definition) is 1. The lowest BCUT2D eigenvalue weighted by molar-refractivity contribution is -0.385. The SMILES string of the molecule is Cc1c(NI)cccc1[N+](=O)[O-]. The second-order valence-electron chi connectivity index (χ2n) is 2.30. The van der Waals surface area contributed by atoms with Crippen LogP contribution in [-0.2, 0) is 0 Å². The predicted molar refractivity (Wildman–Crippen MR) is 55.5 cm³/mol. The van der Waals surface area contributed by atoms with Gasteiger partial charge in [-0.2, -0.15) is 0 Å². The van der Waals surface area contributed by atoms with Gasteiger partial charge < -0.3 is 3.53 Å². The van der Waals surface area contributed by atoms with Crippen molar-refractivity contribution in [2.75, 3.05) is 3.53 Å². The highest BCUT2D eigenvalue weighted by Crippen LogP contribution is 2.25. The van der Waals surface area contributed by atoms with Crippen molar-refractivity contribution in [3.05, 3.63) is 33.9 Å². The van der Waals surface area contributed by atoms with Crippen LogP contribution in [0.3, 0.4) is 0 Å². The van der Waals surface area contributed by atoms with E-state index in [1.807, 2.05) is 22.9 Å². The molecule has 0 saturated carbocycles. The number of nitrogens with one attached hydrogen (secondary N) is 1. The average molecular weight is 278 g/mol. The molecule has 0 atom stereocenters. The number of benzene rings is 1. The van der Waals surface area contributed by atoms with Gasteiger partial charge in [-0.1, -0.05) is 6.07 Å². The third-order valence-electron chi connectivity index (χ3n) is 1.60. The first kappa shape index (κ1) is 9.24. The lowest BCUT2D eigenvalue weighted by Crippen LogP contribution is -1.93. The normalized spacial score (nSPS) is 9.50. The van der Waals surface area contributed by atoms with Gasteiger partial charge in [0.05, 0.1) is 39.0 Å². The van der Waals surface area contributed by atoms with Crippen molar-refractivity contribution in [2.45, 2.75) is 6.92 Å². The van der Waals surface area contributed by atoms with Gasteiger partial charge in [-0.05, 0) is 13.0 Å². The topological polar surface area (TPSA) is 55.2 Å². The molecule has 0 amide bonds. The molecule has 1 rings (SSSR count). The summed E-state index contributed by atoms with van der Waals surface area (Å²) in [4.78, 5) is 10.1. The number of halogens is 1. The van der Waals surface area contributed by atoms with Crippen LogP contribution in [0.1, 0.15) is 5.56 Å². The van der Waals surface area contributed by atoms with Crippen LogP contribution in [0.5, 0.6) is 0 Å². The van der Waals surface area contributed by atoms with Crippen molar-refractivity contribution in [3.8, 4) is 0 Å². The summed E-state index contributed by atoms with van der Waals surface area (Å²) in [5.41, 5.74) is 1.60. The van der Waals surface area contributed by atoms with Crippen LogP contribution >= 0.6 is 22.9 Å². The van der Waals surface area contributed by atoms with Crippen LogP contribution in [0, 0.1) is 17.0 Å². The molecule has 0 heterocycles. The Morgan fingerprint density at radius 2 is 2.25 bits per heavy atom. The maximum absolute atomic E-state index is 10.5. The Bertz CT molecular complexity index is 314. The van der Waals surface area contributed by atoms with Gasteiger partial charge in [0.1, 0.15) is 0 Å². The zero-order valence-electron chi connectivity index (χ0n) is 6.37. The fourth-order valence-electron chi connectivity index (χ4n) is 0.924. The van der Waals surface area contributed by atoms with Crippen LogP contribution in [0.4, 0.5) is 11.4 Å². The highest BCUT2D eigenvalue weighted by atomic mass is 127. The second-order valence-corrected chi connectivity index (χ2v) is 2.84. The maximum Gasteiger partial charge on any atom is 0.274 e. The van der Waals surface area contributed by atoms with Crippen molar-refractivity contribution in [1.82, 2.24) is 0 Å². The van der Waals surface area contributed by atoms with Gasteiger partial charge in [0.15, 0.2) is 0 Å². The molecule has 0 saturated heterocycles. The average Bonchev–Trinajstić information content (AvgIpc) is 2.04. The molecule has 0 bridgehead atoms. The molecule has 0 fully saturated rings. The van der Waals surface area contributed by atoms with E-state index in [0.717, 1.165) is 5.69 Å². The van der Waals surface area contributed by atoms with Gasteiger partial charge in [-0.15, -0.1) is 0 Å². The van der Waals surface area contributed by atoms with Crippen LogP contribution in [0.25, 0.3) is 0 Å². The van der Waals surface area contributed by atoms with Gasteiger partial charge in [0, 0.05) is 6.07 Å². The lowest BCUT2D eigenvalue weighted by Gasteiger charge is -2.02. The largest absolute Gasteiger partial charge is 0.328 e. The first-order valence-corrected chi connectivity index (χ1v) is 4.35. The zero-order chi connectivity index (χ0) is 9.14. The summed E-state index contributed by atoms with van der Waals surface area (Å²) in [6.45, 7) is 1.72. The summed E-state index contributed by atoms with van der Waals surface area (Å²) in [7, 11) is 0. The Labute approximate surface area is 83.6 Å². The van der Waals surface area contributed by atoms with Gasteiger partial charge in [-0.3, -0.25) is 10.1 Å². The van der Waals surface area contributed by atoms with E-state index in [2.05, 4.69) is 3.53 Å². The first-order chi connectivity index (χ1) is 5.66. The number of anilines is 1.